The molecular weight excluding hydrogens is 452 g/mol. The third kappa shape index (κ3) is 4.36. The van der Waals surface area contributed by atoms with Crippen molar-refractivity contribution in [2.75, 3.05) is 45.1 Å². The number of carbonyl (C=O) groups excluding carboxylic acids is 1. The molecule has 2 fully saturated rings. The van der Waals surface area contributed by atoms with Gasteiger partial charge in [-0.05, 0) is 30.7 Å². The predicted octanol–water partition coefficient (Wildman–Crippen LogP) is 3.16. The van der Waals surface area contributed by atoms with Crippen LogP contribution >= 0.6 is 11.6 Å². The van der Waals surface area contributed by atoms with E-state index >= 15 is 0 Å². The molecule has 0 radical (unpaired) electrons. The Bertz CT molecular complexity index is 1190. The Morgan fingerprint density at radius 3 is 2.47 bits per heavy atom. The molecule has 176 valence electrons. The second-order valence-corrected chi connectivity index (χ2v) is 8.99. The zero-order chi connectivity index (χ0) is 23.7. The van der Waals surface area contributed by atoms with Crippen molar-refractivity contribution in [1.29, 1.82) is 0 Å². The molecule has 0 saturated carbocycles. The molecule has 0 bridgehead atoms. The molecule has 5 rings (SSSR count). The van der Waals surface area contributed by atoms with Gasteiger partial charge in [0, 0.05) is 49.1 Å². The highest BCUT2D eigenvalue weighted by Crippen LogP contribution is 2.34. The standard InChI is InChI=1S/C25H27ClN6O2/c1-2-21-23(17-4-6-22(27)28-12-17)24(30-15-29-21)16-3-5-19(20(26)11-16)25(33)32-9-7-31(8-10-32)18-13-34-14-18/h3-6,11-12,15,18H,2,7-10,13-14H2,1H3,(H2,27,28). The van der Waals surface area contributed by atoms with E-state index in [0.29, 0.717) is 35.5 Å². The van der Waals surface area contributed by atoms with Crippen molar-refractivity contribution in [2.24, 2.45) is 0 Å². The number of pyridine rings is 1. The van der Waals surface area contributed by atoms with Crippen molar-refractivity contribution in [3.63, 3.8) is 0 Å². The van der Waals surface area contributed by atoms with Gasteiger partial charge in [0.05, 0.1) is 41.2 Å². The number of piperazine rings is 1. The minimum Gasteiger partial charge on any atom is -0.384 e. The number of ether oxygens (including phenoxy) is 1. The van der Waals surface area contributed by atoms with E-state index in [-0.39, 0.29) is 5.91 Å². The summed E-state index contributed by atoms with van der Waals surface area (Å²) in [4.78, 5) is 30.7. The number of aryl methyl sites for hydroxylation is 1. The van der Waals surface area contributed by atoms with E-state index in [4.69, 9.17) is 22.1 Å². The highest BCUT2D eigenvalue weighted by molar-refractivity contribution is 6.34. The van der Waals surface area contributed by atoms with Gasteiger partial charge in [0.25, 0.3) is 5.91 Å². The number of nitrogen functional groups attached to an aromatic ring is 1. The first kappa shape index (κ1) is 22.7. The van der Waals surface area contributed by atoms with Gasteiger partial charge in [-0.2, -0.15) is 0 Å². The van der Waals surface area contributed by atoms with E-state index < -0.39 is 0 Å². The Kier molecular flexibility index (Phi) is 6.45. The Morgan fingerprint density at radius 1 is 1.09 bits per heavy atom. The Labute approximate surface area is 203 Å². The van der Waals surface area contributed by atoms with Crippen LogP contribution < -0.4 is 5.73 Å². The van der Waals surface area contributed by atoms with Gasteiger partial charge in [-0.3, -0.25) is 9.69 Å². The van der Waals surface area contributed by atoms with Crippen molar-refractivity contribution >= 4 is 23.3 Å². The van der Waals surface area contributed by atoms with Gasteiger partial charge < -0.3 is 15.4 Å². The molecular formula is C25H27ClN6O2. The lowest BCUT2D eigenvalue weighted by Gasteiger charge is -2.42. The van der Waals surface area contributed by atoms with Gasteiger partial charge in [-0.1, -0.05) is 24.6 Å². The van der Waals surface area contributed by atoms with Gasteiger partial charge in [0.1, 0.15) is 12.1 Å². The Balaban J connectivity index is 1.41. The van der Waals surface area contributed by atoms with Gasteiger partial charge in [-0.25, -0.2) is 15.0 Å². The third-order valence-electron chi connectivity index (χ3n) is 6.55. The molecule has 8 nitrogen and oxygen atoms in total. The Hall–Kier alpha value is -3.07. The fraction of sp³-hybridized carbons (Fsp3) is 0.360. The molecule has 9 heteroatoms. The summed E-state index contributed by atoms with van der Waals surface area (Å²) in [6, 6.07) is 9.68. The van der Waals surface area contributed by atoms with Crippen molar-refractivity contribution in [3.8, 4) is 22.4 Å². The summed E-state index contributed by atoms with van der Waals surface area (Å²) in [7, 11) is 0. The van der Waals surface area contributed by atoms with Crippen molar-refractivity contribution < 1.29 is 9.53 Å². The summed E-state index contributed by atoms with van der Waals surface area (Å²) in [6.07, 6.45) is 4.02. The summed E-state index contributed by atoms with van der Waals surface area (Å²) in [5.74, 6) is 0.411. The summed E-state index contributed by atoms with van der Waals surface area (Å²) in [5.41, 5.74) is 10.5. The van der Waals surface area contributed by atoms with Crippen LogP contribution in [0.15, 0.2) is 42.9 Å². The normalized spacial score (nSPS) is 16.9. The highest BCUT2D eigenvalue weighted by Gasteiger charge is 2.31. The second-order valence-electron chi connectivity index (χ2n) is 8.58. The number of benzene rings is 1. The predicted molar refractivity (Wildman–Crippen MR) is 132 cm³/mol. The first-order valence-electron chi connectivity index (χ1n) is 11.5. The molecule has 34 heavy (non-hydrogen) atoms. The largest absolute Gasteiger partial charge is 0.384 e. The third-order valence-corrected chi connectivity index (χ3v) is 6.86. The number of carbonyl (C=O) groups is 1. The molecule has 3 aromatic rings. The number of rotatable bonds is 5. The maximum atomic E-state index is 13.2. The fourth-order valence-corrected chi connectivity index (χ4v) is 4.76. The van der Waals surface area contributed by atoms with E-state index in [1.165, 1.54) is 0 Å². The zero-order valence-electron chi connectivity index (χ0n) is 19.1. The van der Waals surface area contributed by atoms with Crippen LogP contribution in [0.3, 0.4) is 0 Å². The molecule has 1 amide bonds. The summed E-state index contributed by atoms with van der Waals surface area (Å²) in [5, 5.41) is 0.412. The van der Waals surface area contributed by atoms with E-state index in [1.807, 2.05) is 30.0 Å². The van der Waals surface area contributed by atoms with Crippen LogP contribution in [0.25, 0.3) is 22.4 Å². The molecule has 2 aliphatic heterocycles. The molecule has 0 aliphatic carbocycles. The van der Waals surface area contributed by atoms with Crippen LogP contribution in [-0.2, 0) is 11.2 Å². The maximum Gasteiger partial charge on any atom is 0.255 e. The number of halogens is 1. The van der Waals surface area contributed by atoms with Crippen LogP contribution in [-0.4, -0.2) is 76.1 Å². The van der Waals surface area contributed by atoms with Gasteiger partial charge in [0.2, 0.25) is 0 Å². The minimum absolute atomic E-state index is 0.0408. The van der Waals surface area contributed by atoms with Crippen molar-refractivity contribution in [2.45, 2.75) is 19.4 Å². The Morgan fingerprint density at radius 2 is 1.85 bits per heavy atom. The highest BCUT2D eigenvalue weighted by atomic mass is 35.5. The van der Waals surface area contributed by atoms with Crippen LogP contribution in [0.1, 0.15) is 23.0 Å². The molecule has 1 aromatic carbocycles. The second kappa shape index (κ2) is 9.66. The number of aromatic nitrogens is 3. The molecule has 0 spiro atoms. The van der Waals surface area contributed by atoms with Crippen LogP contribution in [0.4, 0.5) is 5.82 Å². The lowest BCUT2D eigenvalue weighted by atomic mass is 9.97. The summed E-state index contributed by atoms with van der Waals surface area (Å²) < 4.78 is 5.29. The van der Waals surface area contributed by atoms with Crippen LogP contribution in [0, 0.1) is 0 Å². The number of hydrogen-bond donors (Lipinski definition) is 1. The van der Waals surface area contributed by atoms with Gasteiger partial charge >= 0.3 is 0 Å². The van der Waals surface area contributed by atoms with Crippen LogP contribution in [0.2, 0.25) is 5.02 Å². The SMILES string of the molecule is CCc1ncnc(-c2ccc(C(=O)N3CCN(C4COC4)CC3)c(Cl)c2)c1-c1ccc(N)nc1. The fourth-order valence-electron chi connectivity index (χ4n) is 4.50. The van der Waals surface area contributed by atoms with E-state index in [9.17, 15) is 4.79 Å². The van der Waals surface area contributed by atoms with E-state index in [0.717, 1.165) is 60.8 Å². The summed E-state index contributed by atoms with van der Waals surface area (Å²) in [6.45, 7) is 6.72. The lowest BCUT2D eigenvalue weighted by molar-refractivity contribution is -0.0746. The molecule has 2 saturated heterocycles. The molecule has 2 N–H and O–H groups in total. The first-order valence-corrected chi connectivity index (χ1v) is 11.9. The topological polar surface area (TPSA) is 97.5 Å². The minimum atomic E-state index is -0.0408. The van der Waals surface area contributed by atoms with E-state index in [1.54, 1.807) is 24.7 Å². The number of hydrogen-bond acceptors (Lipinski definition) is 7. The smallest absolute Gasteiger partial charge is 0.255 e. The average molecular weight is 479 g/mol. The number of anilines is 1. The molecule has 4 heterocycles. The number of nitrogens with zero attached hydrogens (tertiary/aromatic N) is 5. The maximum absolute atomic E-state index is 13.2. The number of amides is 1. The average Bonchev–Trinajstić information content (AvgIpc) is 2.83. The van der Waals surface area contributed by atoms with Crippen molar-refractivity contribution in [3.05, 3.63) is 59.1 Å². The first-order chi connectivity index (χ1) is 16.5. The number of nitrogens with two attached hydrogens (primary N) is 1. The molecule has 2 aliphatic rings. The summed E-state index contributed by atoms with van der Waals surface area (Å²) >= 11 is 6.65. The van der Waals surface area contributed by atoms with Crippen LogP contribution in [0.5, 0.6) is 0 Å². The zero-order valence-corrected chi connectivity index (χ0v) is 19.8. The monoisotopic (exact) mass is 478 g/mol. The quantitative estimate of drug-likeness (QED) is 0.601. The van der Waals surface area contributed by atoms with Gasteiger partial charge in [-0.15, -0.1) is 0 Å². The molecule has 0 atom stereocenters. The molecule has 0 unspecified atom stereocenters. The van der Waals surface area contributed by atoms with Gasteiger partial charge in [0.15, 0.2) is 0 Å². The molecule has 2 aromatic heterocycles. The van der Waals surface area contributed by atoms with E-state index in [2.05, 4.69) is 19.9 Å². The van der Waals surface area contributed by atoms with Crippen molar-refractivity contribution in [1.82, 2.24) is 24.8 Å². The lowest BCUT2D eigenvalue weighted by Crippen LogP contribution is -2.57.